The van der Waals surface area contributed by atoms with Gasteiger partial charge in [0.05, 0.1) is 4.90 Å². The fourth-order valence-corrected chi connectivity index (χ4v) is 3.09. The van der Waals surface area contributed by atoms with Gasteiger partial charge >= 0.3 is 0 Å². The van der Waals surface area contributed by atoms with Gasteiger partial charge in [-0.1, -0.05) is 11.6 Å². The number of sulfonamides is 1. The van der Waals surface area contributed by atoms with Crippen LogP contribution in [0, 0.1) is 6.42 Å². The average Bonchev–Trinajstić information content (AvgIpc) is 2.71. The molecule has 1 aliphatic rings. The Morgan fingerprint density at radius 1 is 1.20 bits per heavy atom. The maximum absolute atomic E-state index is 12.0. The SMILES string of the molecule is O=S(=O)(c1ccc(Cl)cc1)N1C[CH]CC1. The molecule has 0 amide bonds. The summed E-state index contributed by atoms with van der Waals surface area (Å²) in [5.41, 5.74) is 0. The van der Waals surface area contributed by atoms with Crippen LogP contribution in [-0.4, -0.2) is 25.8 Å². The fourth-order valence-electron chi connectivity index (χ4n) is 1.54. The molecule has 1 saturated heterocycles. The van der Waals surface area contributed by atoms with Gasteiger partial charge in [0.25, 0.3) is 0 Å². The summed E-state index contributed by atoms with van der Waals surface area (Å²) in [6.45, 7) is 1.08. The Balaban J connectivity index is 2.32. The summed E-state index contributed by atoms with van der Waals surface area (Å²) in [6.07, 6.45) is 2.79. The Bertz CT molecular complexity index is 435. The molecule has 0 atom stereocenters. The molecule has 0 aliphatic carbocycles. The van der Waals surface area contributed by atoms with E-state index in [2.05, 4.69) is 0 Å². The van der Waals surface area contributed by atoms with Gasteiger partial charge in [-0.05, 0) is 37.1 Å². The van der Waals surface area contributed by atoms with E-state index >= 15 is 0 Å². The molecular formula is C10H11ClNO2S. The molecule has 0 bridgehead atoms. The summed E-state index contributed by atoms with van der Waals surface area (Å²) in [5.74, 6) is 0. The van der Waals surface area contributed by atoms with Gasteiger partial charge in [-0.2, -0.15) is 4.31 Å². The molecule has 3 nitrogen and oxygen atoms in total. The van der Waals surface area contributed by atoms with Crippen molar-refractivity contribution >= 4 is 21.6 Å². The second-order valence-electron chi connectivity index (χ2n) is 3.39. The molecule has 1 radical (unpaired) electrons. The van der Waals surface area contributed by atoms with Gasteiger partial charge in [-0.3, -0.25) is 0 Å². The van der Waals surface area contributed by atoms with Crippen molar-refractivity contribution < 1.29 is 8.42 Å². The van der Waals surface area contributed by atoms with Crippen LogP contribution in [0.2, 0.25) is 5.02 Å². The normalized spacial score (nSPS) is 18.2. The van der Waals surface area contributed by atoms with E-state index in [1.807, 2.05) is 6.42 Å². The van der Waals surface area contributed by atoms with Crippen LogP contribution in [0.25, 0.3) is 0 Å². The number of benzene rings is 1. The molecule has 1 heterocycles. The lowest BCUT2D eigenvalue weighted by Crippen LogP contribution is -2.27. The topological polar surface area (TPSA) is 37.4 Å². The number of nitrogens with zero attached hydrogens (tertiary/aromatic N) is 1. The molecule has 1 fully saturated rings. The summed E-state index contributed by atoms with van der Waals surface area (Å²) < 4.78 is 25.5. The standard InChI is InChI=1S/C10H11ClNO2S/c11-9-3-5-10(6-4-9)15(13,14)12-7-1-2-8-12/h1,3-6H,2,7-8H2. The summed E-state index contributed by atoms with van der Waals surface area (Å²) >= 11 is 5.71. The minimum Gasteiger partial charge on any atom is -0.207 e. The Kier molecular flexibility index (Phi) is 3.00. The van der Waals surface area contributed by atoms with E-state index in [9.17, 15) is 8.42 Å². The van der Waals surface area contributed by atoms with E-state index in [1.165, 1.54) is 16.4 Å². The van der Waals surface area contributed by atoms with Crippen molar-refractivity contribution in [1.29, 1.82) is 0 Å². The smallest absolute Gasteiger partial charge is 0.207 e. The lowest BCUT2D eigenvalue weighted by atomic mass is 10.4. The predicted molar refractivity (Wildman–Crippen MR) is 59.1 cm³/mol. The first-order chi connectivity index (χ1) is 7.10. The molecule has 0 saturated carbocycles. The molecule has 2 rings (SSSR count). The van der Waals surface area contributed by atoms with Crippen molar-refractivity contribution in [3.05, 3.63) is 35.7 Å². The van der Waals surface area contributed by atoms with E-state index in [-0.39, 0.29) is 0 Å². The zero-order valence-electron chi connectivity index (χ0n) is 8.06. The van der Waals surface area contributed by atoms with Gasteiger partial charge in [0, 0.05) is 18.1 Å². The Labute approximate surface area is 94.7 Å². The number of hydrogen-bond donors (Lipinski definition) is 0. The van der Waals surface area contributed by atoms with Crippen LogP contribution in [0.4, 0.5) is 0 Å². The predicted octanol–water partition coefficient (Wildman–Crippen LogP) is 1.94. The second kappa shape index (κ2) is 4.12. The maximum atomic E-state index is 12.0. The first-order valence-corrected chi connectivity index (χ1v) is 6.50. The number of rotatable bonds is 2. The van der Waals surface area contributed by atoms with Crippen LogP contribution in [0.3, 0.4) is 0 Å². The molecule has 1 aliphatic heterocycles. The Morgan fingerprint density at radius 3 is 2.40 bits per heavy atom. The lowest BCUT2D eigenvalue weighted by molar-refractivity contribution is 0.481. The molecule has 15 heavy (non-hydrogen) atoms. The quantitative estimate of drug-likeness (QED) is 0.797. The zero-order chi connectivity index (χ0) is 10.9. The zero-order valence-corrected chi connectivity index (χ0v) is 9.63. The lowest BCUT2D eigenvalue weighted by Gasteiger charge is -2.15. The highest BCUT2D eigenvalue weighted by Gasteiger charge is 2.26. The van der Waals surface area contributed by atoms with Crippen LogP contribution in [0.5, 0.6) is 0 Å². The summed E-state index contributed by atoms with van der Waals surface area (Å²) in [6, 6.07) is 6.26. The van der Waals surface area contributed by atoms with E-state index in [0.717, 1.165) is 6.42 Å². The third-order valence-electron chi connectivity index (χ3n) is 2.37. The average molecular weight is 245 g/mol. The minimum absolute atomic E-state index is 0.308. The van der Waals surface area contributed by atoms with Crippen molar-refractivity contribution in [2.45, 2.75) is 11.3 Å². The summed E-state index contributed by atoms with van der Waals surface area (Å²) in [7, 11) is -3.31. The highest BCUT2D eigenvalue weighted by atomic mass is 35.5. The molecule has 0 spiro atoms. The van der Waals surface area contributed by atoms with Crippen LogP contribution >= 0.6 is 11.6 Å². The van der Waals surface area contributed by atoms with Gasteiger partial charge in [0.1, 0.15) is 0 Å². The van der Waals surface area contributed by atoms with Crippen molar-refractivity contribution in [1.82, 2.24) is 4.31 Å². The third kappa shape index (κ3) is 2.17. The van der Waals surface area contributed by atoms with E-state index < -0.39 is 10.0 Å². The Morgan fingerprint density at radius 2 is 1.87 bits per heavy atom. The van der Waals surface area contributed by atoms with Crippen LogP contribution in [0.15, 0.2) is 29.2 Å². The van der Waals surface area contributed by atoms with Crippen molar-refractivity contribution in [2.24, 2.45) is 0 Å². The van der Waals surface area contributed by atoms with E-state index in [1.54, 1.807) is 12.1 Å². The van der Waals surface area contributed by atoms with Gasteiger partial charge in [0.2, 0.25) is 10.0 Å². The van der Waals surface area contributed by atoms with Crippen LogP contribution in [0.1, 0.15) is 6.42 Å². The summed E-state index contributed by atoms with van der Waals surface area (Å²) in [5, 5.41) is 0.543. The van der Waals surface area contributed by atoms with Crippen molar-refractivity contribution in [3.8, 4) is 0 Å². The Hall–Kier alpha value is -0.580. The van der Waals surface area contributed by atoms with Crippen LogP contribution in [-0.2, 0) is 10.0 Å². The largest absolute Gasteiger partial charge is 0.243 e. The van der Waals surface area contributed by atoms with E-state index in [0.29, 0.717) is 23.0 Å². The molecule has 5 heteroatoms. The van der Waals surface area contributed by atoms with Gasteiger partial charge in [0.15, 0.2) is 0 Å². The van der Waals surface area contributed by atoms with E-state index in [4.69, 9.17) is 11.6 Å². The minimum atomic E-state index is -3.31. The van der Waals surface area contributed by atoms with Gasteiger partial charge in [-0.25, -0.2) is 8.42 Å². The van der Waals surface area contributed by atoms with Crippen LogP contribution < -0.4 is 0 Å². The fraction of sp³-hybridized carbons (Fsp3) is 0.300. The highest BCUT2D eigenvalue weighted by molar-refractivity contribution is 7.89. The molecule has 1 aromatic rings. The molecule has 81 valence electrons. The molecular weight excluding hydrogens is 234 g/mol. The molecule has 0 N–H and O–H groups in total. The van der Waals surface area contributed by atoms with Crippen molar-refractivity contribution in [3.63, 3.8) is 0 Å². The number of hydrogen-bond acceptors (Lipinski definition) is 2. The van der Waals surface area contributed by atoms with Gasteiger partial charge < -0.3 is 0 Å². The number of halogens is 1. The highest BCUT2D eigenvalue weighted by Crippen LogP contribution is 2.21. The first kappa shape index (κ1) is 10.9. The maximum Gasteiger partial charge on any atom is 0.243 e. The first-order valence-electron chi connectivity index (χ1n) is 4.68. The van der Waals surface area contributed by atoms with Crippen molar-refractivity contribution in [2.75, 3.05) is 13.1 Å². The van der Waals surface area contributed by atoms with Gasteiger partial charge in [-0.15, -0.1) is 0 Å². The molecule has 1 aromatic carbocycles. The molecule has 0 aromatic heterocycles. The second-order valence-corrected chi connectivity index (χ2v) is 5.77. The third-order valence-corrected chi connectivity index (χ3v) is 4.50. The monoisotopic (exact) mass is 244 g/mol. The summed E-state index contributed by atoms with van der Waals surface area (Å²) in [4.78, 5) is 0.308. The molecule has 0 unspecified atom stereocenters.